The van der Waals surface area contributed by atoms with Gasteiger partial charge in [-0.2, -0.15) is 0 Å². The first-order chi connectivity index (χ1) is 27.8. The summed E-state index contributed by atoms with van der Waals surface area (Å²) in [6, 6.07) is 60.1. The van der Waals surface area contributed by atoms with Crippen LogP contribution in [0.1, 0.15) is 0 Å². The Kier molecular flexibility index (Phi) is 6.47. The minimum Gasteiger partial charge on any atom is -0.456 e. The monoisotopic (exact) mass is 719 g/mol. The molecular formula is C48H29N7O. The number of benzene rings is 7. The number of imidazole rings is 2. The highest BCUT2D eigenvalue weighted by Crippen LogP contribution is 2.41. The normalized spacial score (nSPS) is 11.9. The number of hydrogen-bond acceptors (Lipinski definition) is 5. The van der Waals surface area contributed by atoms with Crippen LogP contribution in [0.3, 0.4) is 0 Å². The van der Waals surface area contributed by atoms with Crippen molar-refractivity contribution in [3.63, 3.8) is 0 Å². The molecule has 0 saturated heterocycles. The minimum absolute atomic E-state index is 0.580. The van der Waals surface area contributed by atoms with E-state index in [0.717, 1.165) is 88.9 Å². The SMILES string of the molecule is c1ccc(-c2nc(-c3ccccc3)nc(-c3cccc4oc5ccc(-n6c7ccccc7c7c6n6c8ccccc8nc6n7-c6ccccc6)cc5c34)n2)cc1. The smallest absolute Gasteiger partial charge is 0.221 e. The molecule has 56 heavy (non-hydrogen) atoms. The fraction of sp³-hybridized carbons (Fsp3) is 0. The summed E-state index contributed by atoms with van der Waals surface area (Å²) in [6.45, 7) is 0. The summed E-state index contributed by atoms with van der Waals surface area (Å²) < 4.78 is 13.5. The molecule has 12 aromatic rings. The minimum atomic E-state index is 0.580. The van der Waals surface area contributed by atoms with Crippen molar-refractivity contribution < 1.29 is 4.42 Å². The van der Waals surface area contributed by atoms with Crippen molar-refractivity contribution in [1.29, 1.82) is 0 Å². The average molecular weight is 720 g/mol. The molecule has 0 unspecified atom stereocenters. The molecule has 0 atom stereocenters. The van der Waals surface area contributed by atoms with Crippen molar-refractivity contribution in [2.45, 2.75) is 0 Å². The predicted octanol–water partition coefficient (Wildman–Crippen LogP) is 11.5. The van der Waals surface area contributed by atoms with Crippen molar-refractivity contribution in [3.8, 4) is 45.5 Å². The fourth-order valence-corrected chi connectivity index (χ4v) is 8.26. The summed E-state index contributed by atoms with van der Waals surface area (Å²) >= 11 is 0. The maximum atomic E-state index is 6.57. The van der Waals surface area contributed by atoms with Gasteiger partial charge < -0.3 is 4.42 Å². The Bertz CT molecular complexity index is 3410. The van der Waals surface area contributed by atoms with Gasteiger partial charge in [-0.3, -0.25) is 13.5 Å². The van der Waals surface area contributed by atoms with Crippen molar-refractivity contribution >= 4 is 60.8 Å². The molecule has 0 aliphatic heterocycles. The molecule has 0 spiro atoms. The standard InChI is InChI=1S/C48H29N7O/c1-4-15-30(16-5-1)44-50-45(31-17-6-2-7-18-31)52-46(51-44)35-22-14-26-41-42(35)36-29-33(27-28-40(36)56-41)53-38-24-12-10-21-34(38)43-47(53)55-39-25-13-11-23-37(39)49-48(55)54(43)32-19-8-3-9-20-32/h1-29H. The van der Waals surface area contributed by atoms with Crippen LogP contribution in [0.5, 0.6) is 0 Å². The van der Waals surface area contributed by atoms with Crippen LogP contribution in [-0.4, -0.2) is 33.5 Å². The van der Waals surface area contributed by atoms with Gasteiger partial charge in [-0.1, -0.05) is 121 Å². The zero-order valence-corrected chi connectivity index (χ0v) is 29.8. The second-order valence-corrected chi connectivity index (χ2v) is 13.9. The van der Waals surface area contributed by atoms with Gasteiger partial charge in [0.05, 0.1) is 16.6 Å². The topological polar surface area (TPSA) is 79.0 Å². The lowest BCUT2D eigenvalue weighted by Crippen LogP contribution is -2.00. The Morgan fingerprint density at radius 3 is 1.82 bits per heavy atom. The summed E-state index contributed by atoms with van der Waals surface area (Å²) in [5.74, 6) is 2.66. The molecule has 0 radical (unpaired) electrons. The molecule has 5 aromatic heterocycles. The average Bonchev–Trinajstić information content (AvgIpc) is 4.01. The summed E-state index contributed by atoms with van der Waals surface area (Å²) in [5, 5.41) is 3.04. The molecule has 0 aliphatic carbocycles. The zero-order valence-electron chi connectivity index (χ0n) is 29.8. The largest absolute Gasteiger partial charge is 0.456 e. The van der Waals surface area contributed by atoms with Gasteiger partial charge in [0, 0.05) is 44.2 Å². The summed E-state index contributed by atoms with van der Waals surface area (Å²) in [4.78, 5) is 20.3. The maximum Gasteiger partial charge on any atom is 0.221 e. The summed E-state index contributed by atoms with van der Waals surface area (Å²) in [5.41, 5.74) is 11.5. The Balaban J connectivity index is 1.15. The van der Waals surface area contributed by atoms with Crippen LogP contribution in [0, 0.1) is 0 Å². The highest BCUT2D eigenvalue weighted by atomic mass is 16.3. The molecule has 0 bridgehead atoms. The van der Waals surface area contributed by atoms with Crippen LogP contribution in [-0.2, 0) is 0 Å². The van der Waals surface area contributed by atoms with E-state index in [2.05, 4.69) is 105 Å². The van der Waals surface area contributed by atoms with E-state index in [9.17, 15) is 0 Å². The molecule has 0 fully saturated rings. The number of para-hydroxylation sites is 4. The number of hydrogen-bond donors (Lipinski definition) is 0. The van der Waals surface area contributed by atoms with Gasteiger partial charge in [0.15, 0.2) is 23.1 Å². The molecule has 5 heterocycles. The van der Waals surface area contributed by atoms with Crippen LogP contribution in [0.2, 0.25) is 0 Å². The molecule has 262 valence electrons. The van der Waals surface area contributed by atoms with Crippen LogP contribution in [0.25, 0.3) is 106 Å². The van der Waals surface area contributed by atoms with Crippen molar-refractivity contribution in [2.24, 2.45) is 0 Å². The molecule has 8 nitrogen and oxygen atoms in total. The first-order valence-corrected chi connectivity index (χ1v) is 18.6. The molecule has 12 rings (SSSR count). The number of furan rings is 1. The van der Waals surface area contributed by atoms with Gasteiger partial charge in [-0.25, -0.2) is 19.9 Å². The molecule has 0 aliphatic rings. The first-order valence-electron chi connectivity index (χ1n) is 18.6. The predicted molar refractivity (Wildman–Crippen MR) is 223 cm³/mol. The van der Waals surface area contributed by atoms with E-state index in [1.54, 1.807) is 0 Å². The number of aromatic nitrogens is 7. The lowest BCUT2D eigenvalue weighted by Gasteiger charge is -2.10. The Morgan fingerprint density at radius 2 is 1.07 bits per heavy atom. The summed E-state index contributed by atoms with van der Waals surface area (Å²) in [6.07, 6.45) is 0. The molecule has 0 N–H and O–H groups in total. The number of rotatable bonds is 5. The van der Waals surface area contributed by atoms with Crippen molar-refractivity contribution in [2.75, 3.05) is 0 Å². The molecule has 0 amide bonds. The third-order valence-electron chi connectivity index (χ3n) is 10.7. The van der Waals surface area contributed by atoms with Gasteiger partial charge in [-0.05, 0) is 54.6 Å². The van der Waals surface area contributed by atoms with Gasteiger partial charge in [0.1, 0.15) is 16.7 Å². The maximum absolute atomic E-state index is 6.57. The van der Waals surface area contributed by atoms with Gasteiger partial charge >= 0.3 is 0 Å². The van der Waals surface area contributed by atoms with Crippen LogP contribution in [0.4, 0.5) is 0 Å². The van der Waals surface area contributed by atoms with Crippen LogP contribution in [0.15, 0.2) is 180 Å². The third kappa shape index (κ3) is 4.47. The number of nitrogens with zero attached hydrogens (tertiary/aromatic N) is 7. The Labute approximate surface area is 319 Å². The fourth-order valence-electron chi connectivity index (χ4n) is 8.26. The van der Waals surface area contributed by atoms with E-state index in [1.807, 2.05) is 84.9 Å². The quantitative estimate of drug-likeness (QED) is 0.177. The van der Waals surface area contributed by atoms with Crippen LogP contribution >= 0.6 is 0 Å². The number of fused-ring (bicyclic) bond motifs is 10. The third-order valence-corrected chi connectivity index (χ3v) is 10.7. The van der Waals surface area contributed by atoms with Gasteiger partial charge in [0.2, 0.25) is 5.78 Å². The lowest BCUT2D eigenvalue weighted by molar-refractivity contribution is 0.669. The van der Waals surface area contributed by atoms with Crippen molar-refractivity contribution in [3.05, 3.63) is 176 Å². The second kappa shape index (κ2) is 11.8. The van der Waals surface area contributed by atoms with Gasteiger partial charge in [-0.15, -0.1) is 0 Å². The zero-order chi connectivity index (χ0) is 36.7. The summed E-state index contributed by atoms with van der Waals surface area (Å²) in [7, 11) is 0. The molecular weight excluding hydrogens is 691 g/mol. The Morgan fingerprint density at radius 1 is 0.429 bits per heavy atom. The Hall–Kier alpha value is -7.84. The van der Waals surface area contributed by atoms with Crippen LogP contribution < -0.4 is 0 Å². The lowest BCUT2D eigenvalue weighted by atomic mass is 10.0. The second-order valence-electron chi connectivity index (χ2n) is 13.9. The highest BCUT2D eigenvalue weighted by molar-refractivity contribution is 6.14. The molecule has 7 aromatic carbocycles. The van der Waals surface area contributed by atoms with E-state index < -0.39 is 0 Å². The van der Waals surface area contributed by atoms with Gasteiger partial charge in [0.25, 0.3) is 0 Å². The van der Waals surface area contributed by atoms with E-state index in [0.29, 0.717) is 17.5 Å². The molecule has 8 heteroatoms. The highest BCUT2D eigenvalue weighted by Gasteiger charge is 2.26. The van der Waals surface area contributed by atoms with E-state index >= 15 is 0 Å². The van der Waals surface area contributed by atoms with E-state index in [-0.39, 0.29) is 0 Å². The molecule has 0 saturated carbocycles. The van der Waals surface area contributed by atoms with Crippen molar-refractivity contribution in [1.82, 2.24) is 33.5 Å². The first kappa shape index (κ1) is 30.6. The van der Waals surface area contributed by atoms with E-state index in [4.69, 9.17) is 24.4 Å². The van der Waals surface area contributed by atoms with E-state index in [1.165, 1.54) is 0 Å².